The van der Waals surface area contributed by atoms with E-state index >= 15 is 0 Å². The van der Waals surface area contributed by atoms with E-state index in [0.29, 0.717) is 35.8 Å². The monoisotopic (exact) mass is 535 g/mol. The molecule has 5 rings (SSSR count). The Hall–Kier alpha value is -4.25. The number of hydrogen-bond acceptors (Lipinski definition) is 7. The summed E-state index contributed by atoms with van der Waals surface area (Å²) in [6, 6.07) is 11.6. The first-order valence-electron chi connectivity index (χ1n) is 12.1. The molecule has 1 fully saturated rings. The fourth-order valence-corrected chi connectivity index (χ4v) is 5.49. The Morgan fingerprint density at radius 2 is 1.74 bits per heavy atom. The minimum atomic E-state index is -4.08. The van der Waals surface area contributed by atoms with E-state index in [1.807, 2.05) is 18.2 Å². The largest absolute Gasteiger partial charge is 0.495 e. The minimum absolute atomic E-state index is 0.0399. The molecule has 1 amide bonds. The molecule has 1 aromatic heterocycles. The number of nitrogens with zero attached hydrogens (tertiary/aromatic N) is 5. The molecule has 2 aliphatic rings. The van der Waals surface area contributed by atoms with Gasteiger partial charge < -0.3 is 14.5 Å². The SMILES string of the molecule is COC1=C(N2CCN(C(=O)c3ccc(S(=O)(=O)n4cnc(-c5ccccc5F)n4)cc3)CC2)CC=CC=C1. The van der Waals surface area contributed by atoms with Gasteiger partial charge in [0.05, 0.1) is 23.3 Å². The normalized spacial score (nSPS) is 16.1. The second kappa shape index (κ2) is 10.6. The number of halogens is 1. The fourth-order valence-electron chi connectivity index (χ4n) is 4.44. The summed E-state index contributed by atoms with van der Waals surface area (Å²) in [6.07, 6.45) is 9.73. The van der Waals surface area contributed by atoms with Gasteiger partial charge in [-0.05, 0) is 42.5 Å². The third-order valence-corrected chi connectivity index (χ3v) is 8.03. The van der Waals surface area contributed by atoms with Crippen molar-refractivity contribution in [3.63, 3.8) is 0 Å². The summed E-state index contributed by atoms with van der Waals surface area (Å²) >= 11 is 0. The average Bonchev–Trinajstić information content (AvgIpc) is 3.33. The highest BCUT2D eigenvalue weighted by molar-refractivity contribution is 7.89. The number of rotatable bonds is 6. The summed E-state index contributed by atoms with van der Waals surface area (Å²) in [7, 11) is -2.42. The van der Waals surface area contributed by atoms with E-state index < -0.39 is 15.8 Å². The zero-order chi connectivity index (χ0) is 26.7. The van der Waals surface area contributed by atoms with Gasteiger partial charge in [0.25, 0.3) is 15.9 Å². The lowest BCUT2D eigenvalue weighted by Crippen LogP contribution is -2.48. The Bertz CT molecular complexity index is 1540. The van der Waals surface area contributed by atoms with Crippen LogP contribution in [0.25, 0.3) is 11.4 Å². The molecule has 0 saturated carbocycles. The third-order valence-electron chi connectivity index (χ3n) is 6.49. The summed E-state index contributed by atoms with van der Waals surface area (Å²) in [5, 5.41) is 3.96. The standard InChI is InChI=1S/C27H26FN5O4S/c1-37-25-10-4-2-3-9-24(25)31-15-17-32(18-16-31)27(34)20-11-13-21(14-12-20)38(35,36)33-19-29-26(30-33)22-7-5-6-8-23(22)28/h2-8,10-14,19H,9,15-18H2,1H3. The van der Waals surface area contributed by atoms with Crippen LogP contribution < -0.4 is 0 Å². The van der Waals surface area contributed by atoms with Crippen LogP contribution in [-0.4, -0.2) is 71.6 Å². The van der Waals surface area contributed by atoms with E-state index in [9.17, 15) is 17.6 Å². The molecule has 3 aromatic rings. The zero-order valence-electron chi connectivity index (χ0n) is 20.7. The molecular weight excluding hydrogens is 509 g/mol. The van der Waals surface area contributed by atoms with E-state index in [2.05, 4.69) is 21.1 Å². The molecule has 1 aliphatic carbocycles. The number of allylic oxidation sites excluding steroid dienone is 4. The molecule has 38 heavy (non-hydrogen) atoms. The van der Waals surface area contributed by atoms with Crippen molar-refractivity contribution in [1.82, 2.24) is 24.0 Å². The smallest absolute Gasteiger partial charge is 0.284 e. The Kier molecular flexibility index (Phi) is 7.10. The maximum Gasteiger partial charge on any atom is 0.284 e. The molecule has 0 atom stereocenters. The van der Waals surface area contributed by atoms with Crippen LogP contribution >= 0.6 is 0 Å². The summed E-state index contributed by atoms with van der Waals surface area (Å²) in [5.41, 5.74) is 1.58. The maximum atomic E-state index is 14.1. The Morgan fingerprint density at radius 1 is 1.00 bits per heavy atom. The van der Waals surface area contributed by atoms with Gasteiger partial charge in [-0.3, -0.25) is 4.79 Å². The number of aromatic nitrogens is 3. The Morgan fingerprint density at radius 3 is 2.45 bits per heavy atom. The molecule has 9 nitrogen and oxygen atoms in total. The summed E-state index contributed by atoms with van der Waals surface area (Å²) in [4.78, 5) is 21.0. The van der Waals surface area contributed by atoms with Gasteiger partial charge in [0.15, 0.2) is 5.82 Å². The average molecular weight is 536 g/mol. The van der Waals surface area contributed by atoms with Crippen LogP contribution in [0.4, 0.5) is 4.39 Å². The number of ether oxygens (including phenoxy) is 1. The van der Waals surface area contributed by atoms with Crippen LogP contribution in [0.3, 0.4) is 0 Å². The zero-order valence-corrected chi connectivity index (χ0v) is 21.5. The Labute approximate surface area is 220 Å². The van der Waals surface area contributed by atoms with Gasteiger partial charge in [-0.2, -0.15) is 8.42 Å². The molecule has 2 heterocycles. The van der Waals surface area contributed by atoms with Gasteiger partial charge in [-0.25, -0.2) is 9.37 Å². The van der Waals surface area contributed by atoms with Crippen LogP contribution in [0.5, 0.6) is 0 Å². The van der Waals surface area contributed by atoms with E-state index in [1.165, 1.54) is 42.5 Å². The first kappa shape index (κ1) is 25.4. The van der Waals surface area contributed by atoms with Crippen LogP contribution in [0, 0.1) is 5.82 Å². The molecule has 1 saturated heterocycles. The van der Waals surface area contributed by atoms with Crippen molar-refractivity contribution in [2.45, 2.75) is 11.3 Å². The second-order valence-corrected chi connectivity index (χ2v) is 10.5. The molecule has 0 spiro atoms. The third kappa shape index (κ3) is 4.97. The molecule has 0 bridgehead atoms. The molecule has 1 aliphatic heterocycles. The van der Waals surface area contributed by atoms with E-state index in [0.717, 1.165) is 24.2 Å². The topological polar surface area (TPSA) is 97.6 Å². The van der Waals surface area contributed by atoms with Crippen LogP contribution in [-0.2, 0) is 14.8 Å². The van der Waals surface area contributed by atoms with Gasteiger partial charge in [-0.15, -0.1) is 9.19 Å². The van der Waals surface area contributed by atoms with Crippen molar-refractivity contribution in [2.75, 3.05) is 33.3 Å². The lowest BCUT2D eigenvalue weighted by Gasteiger charge is -2.37. The van der Waals surface area contributed by atoms with Crippen molar-refractivity contribution >= 4 is 15.9 Å². The van der Waals surface area contributed by atoms with E-state index in [4.69, 9.17) is 4.74 Å². The predicted octanol–water partition coefficient (Wildman–Crippen LogP) is 3.45. The van der Waals surface area contributed by atoms with Gasteiger partial charge in [0.1, 0.15) is 17.9 Å². The summed E-state index contributed by atoms with van der Waals surface area (Å²) < 4.78 is 46.4. The number of amides is 1. The Balaban J connectivity index is 1.27. The van der Waals surface area contributed by atoms with Crippen LogP contribution in [0.1, 0.15) is 16.8 Å². The van der Waals surface area contributed by atoms with Crippen molar-refractivity contribution in [1.29, 1.82) is 0 Å². The highest BCUT2D eigenvalue weighted by Crippen LogP contribution is 2.23. The lowest BCUT2D eigenvalue weighted by atomic mass is 10.1. The first-order chi connectivity index (χ1) is 18.4. The second-order valence-electron chi connectivity index (χ2n) is 8.74. The van der Waals surface area contributed by atoms with Crippen molar-refractivity contribution in [3.8, 4) is 11.4 Å². The van der Waals surface area contributed by atoms with E-state index in [-0.39, 0.29) is 22.2 Å². The molecule has 11 heteroatoms. The maximum absolute atomic E-state index is 14.1. The molecule has 2 aromatic carbocycles. The molecule has 0 N–H and O–H groups in total. The molecule has 0 radical (unpaired) electrons. The highest BCUT2D eigenvalue weighted by atomic mass is 32.2. The van der Waals surface area contributed by atoms with Gasteiger partial charge in [0.2, 0.25) is 0 Å². The number of carbonyl (C=O) groups excluding carboxylic acids is 1. The molecule has 196 valence electrons. The molecular formula is C27H26FN5O4S. The van der Waals surface area contributed by atoms with Crippen molar-refractivity contribution in [3.05, 3.63) is 102 Å². The lowest BCUT2D eigenvalue weighted by molar-refractivity contribution is 0.0663. The highest BCUT2D eigenvalue weighted by Gasteiger charge is 2.26. The number of piperazine rings is 1. The van der Waals surface area contributed by atoms with Gasteiger partial charge in [-0.1, -0.05) is 30.4 Å². The number of carbonyl (C=O) groups is 1. The minimum Gasteiger partial charge on any atom is -0.495 e. The quantitative estimate of drug-likeness (QED) is 0.477. The number of hydrogen-bond donors (Lipinski definition) is 0. The fraction of sp³-hybridized carbons (Fsp3) is 0.222. The van der Waals surface area contributed by atoms with Gasteiger partial charge in [0, 0.05) is 38.2 Å². The number of benzene rings is 2. The number of methoxy groups -OCH3 is 1. The summed E-state index contributed by atoms with van der Waals surface area (Å²) in [5.74, 6) is 0.0600. The van der Waals surface area contributed by atoms with Crippen LogP contribution in [0.2, 0.25) is 0 Å². The summed E-state index contributed by atoms with van der Waals surface area (Å²) in [6.45, 7) is 2.40. The van der Waals surface area contributed by atoms with Crippen LogP contribution in [0.15, 0.2) is 95.5 Å². The van der Waals surface area contributed by atoms with E-state index in [1.54, 1.807) is 18.1 Å². The van der Waals surface area contributed by atoms with Crippen molar-refractivity contribution < 1.29 is 22.3 Å². The molecule has 0 unspecified atom stereocenters. The van der Waals surface area contributed by atoms with Gasteiger partial charge >= 0.3 is 0 Å². The predicted molar refractivity (Wildman–Crippen MR) is 139 cm³/mol. The van der Waals surface area contributed by atoms with Crippen molar-refractivity contribution in [2.24, 2.45) is 0 Å². The first-order valence-corrected chi connectivity index (χ1v) is 13.5.